The van der Waals surface area contributed by atoms with Crippen molar-refractivity contribution in [2.45, 2.75) is 25.3 Å². The molecule has 90 valence electrons. The Morgan fingerprint density at radius 1 is 1.29 bits per heavy atom. The molecule has 1 aromatic rings. The molecule has 0 radical (unpaired) electrons. The van der Waals surface area contributed by atoms with Crippen LogP contribution in [0.5, 0.6) is 0 Å². The largest absolute Gasteiger partial charge is 0.337 e. The fourth-order valence-corrected chi connectivity index (χ4v) is 2.87. The summed E-state index contributed by atoms with van der Waals surface area (Å²) in [6, 6.07) is 6.46. The Hall–Kier alpha value is -1.35. The molecule has 0 atom stereocenters. The number of nitrogens with zero attached hydrogens (tertiary/aromatic N) is 1. The van der Waals surface area contributed by atoms with Crippen molar-refractivity contribution in [1.82, 2.24) is 10.2 Å². The lowest BCUT2D eigenvalue weighted by Crippen LogP contribution is -2.26. The van der Waals surface area contributed by atoms with Gasteiger partial charge in [-0.25, -0.2) is 0 Å². The van der Waals surface area contributed by atoms with Crippen molar-refractivity contribution in [3.05, 3.63) is 34.9 Å². The standard InChI is InChI=1S/C14H18N2O/c1-16-9-12-3-2-11(8-13(12)14(16)17)10-4-6-15-7-5-10/h2-3,8,10,15H,4-7,9H2,1H3. The van der Waals surface area contributed by atoms with Gasteiger partial charge in [0.05, 0.1) is 0 Å². The van der Waals surface area contributed by atoms with Crippen LogP contribution >= 0.6 is 0 Å². The van der Waals surface area contributed by atoms with E-state index >= 15 is 0 Å². The second-order valence-electron chi connectivity index (χ2n) is 5.10. The number of fused-ring (bicyclic) bond motifs is 1. The normalized spacial score (nSPS) is 20.8. The molecule has 0 unspecified atom stereocenters. The second-order valence-corrected chi connectivity index (χ2v) is 5.10. The van der Waals surface area contributed by atoms with Gasteiger partial charge >= 0.3 is 0 Å². The molecular formula is C14H18N2O. The third-order valence-electron chi connectivity index (χ3n) is 3.93. The molecule has 0 aromatic heterocycles. The Morgan fingerprint density at radius 2 is 2.06 bits per heavy atom. The summed E-state index contributed by atoms with van der Waals surface area (Å²) in [6.45, 7) is 2.95. The predicted octanol–water partition coefficient (Wildman–Crippen LogP) is 1.74. The van der Waals surface area contributed by atoms with E-state index in [0.717, 1.165) is 25.2 Å². The highest BCUT2D eigenvalue weighted by Gasteiger charge is 2.25. The maximum absolute atomic E-state index is 11.9. The molecule has 1 amide bonds. The molecule has 1 saturated heterocycles. The van der Waals surface area contributed by atoms with Crippen LogP contribution in [-0.4, -0.2) is 30.9 Å². The van der Waals surface area contributed by atoms with E-state index in [1.54, 1.807) is 4.90 Å². The van der Waals surface area contributed by atoms with Crippen molar-refractivity contribution in [2.24, 2.45) is 0 Å². The van der Waals surface area contributed by atoms with Crippen molar-refractivity contribution in [3.63, 3.8) is 0 Å². The zero-order valence-corrected chi connectivity index (χ0v) is 10.2. The van der Waals surface area contributed by atoms with Crippen LogP contribution in [0, 0.1) is 0 Å². The molecule has 2 heterocycles. The van der Waals surface area contributed by atoms with Crippen molar-refractivity contribution < 1.29 is 4.79 Å². The number of carbonyl (C=O) groups excluding carboxylic acids is 1. The molecule has 3 heteroatoms. The van der Waals surface area contributed by atoms with Gasteiger partial charge in [0.1, 0.15) is 0 Å². The van der Waals surface area contributed by atoms with E-state index in [0.29, 0.717) is 5.92 Å². The van der Waals surface area contributed by atoms with E-state index < -0.39 is 0 Å². The number of nitrogens with one attached hydrogen (secondary N) is 1. The first-order valence-electron chi connectivity index (χ1n) is 6.35. The Kier molecular flexibility index (Phi) is 2.63. The smallest absolute Gasteiger partial charge is 0.254 e. The fourth-order valence-electron chi connectivity index (χ4n) is 2.87. The first-order chi connectivity index (χ1) is 8.25. The highest BCUT2D eigenvalue weighted by atomic mass is 16.2. The molecule has 0 aliphatic carbocycles. The third-order valence-corrected chi connectivity index (χ3v) is 3.93. The van der Waals surface area contributed by atoms with Crippen LogP contribution in [0.3, 0.4) is 0 Å². The van der Waals surface area contributed by atoms with Crippen molar-refractivity contribution in [3.8, 4) is 0 Å². The molecule has 1 fully saturated rings. The Balaban J connectivity index is 1.91. The van der Waals surface area contributed by atoms with Gasteiger partial charge in [0.2, 0.25) is 0 Å². The Bertz CT molecular complexity index is 450. The van der Waals surface area contributed by atoms with Crippen LogP contribution in [0.2, 0.25) is 0 Å². The molecule has 2 aliphatic heterocycles. The summed E-state index contributed by atoms with van der Waals surface area (Å²) in [7, 11) is 1.87. The van der Waals surface area contributed by atoms with E-state index in [1.807, 2.05) is 7.05 Å². The molecule has 0 saturated carbocycles. The minimum Gasteiger partial charge on any atom is -0.337 e. The van der Waals surface area contributed by atoms with E-state index in [2.05, 4.69) is 23.5 Å². The lowest BCUT2D eigenvalue weighted by atomic mass is 9.88. The van der Waals surface area contributed by atoms with E-state index in [4.69, 9.17) is 0 Å². The molecule has 2 aliphatic rings. The van der Waals surface area contributed by atoms with Crippen LogP contribution < -0.4 is 5.32 Å². The lowest BCUT2D eigenvalue weighted by Gasteiger charge is -2.23. The zero-order chi connectivity index (χ0) is 11.8. The summed E-state index contributed by atoms with van der Waals surface area (Å²) in [5.41, 5.74) is 3.44. The minimum absolute atomic E-state index is 0.177. The van der Waals surface area contributed by atoms with Gasteiger partial charge in [0.25, 0.3) is 5.91 Å². The molecule has 3 rings (SSSR count). The molecule has 3 nitrogen and oxygen atoms in total. The van der Waals surface area contributed by atoms with Crippen LogP contribution in [-0.2, 0) is 6.54 Å². The van der Waals surface area contributed by atoms with Gasteiger partial charge in [0, 0.05) is 19.2 Å². The van der Waals surface area contributed by atoms with Crippen LogP contribution in [0.4, 0.5) is 0 Å². The SMILES string of the molecule is CN1Cc2ccc(C3CCNCC3)cc2C1=O. The highest BCUT2D eigenvalue weighted by molar-refractivity contribution is 5.98. The number of rotatable bonds is 1. The maximum Gasteiger partial charge on any atom is 0.254 e. The van der Waals surface area contributed by atoms with Crippen LogP contribution in [0.15, 0.2) is 18.2 Å². The highest BCUT2D eigenvalue weighted by Crippen LogP contribution is 2.29. The first kappa shape index (κ1) is 10.8. The molecule has 1 N–H and O–H groups in total. The van der Waals surface area contributed by atoms with Crippen LogP contribution in [0.25, 0.3) is 0 Å². The molecule has 1 aromatic carbocycles. The number of amides is 1. The predicted molar refractivity (Wildman–Crippen MR) is 67.1 cm³/mol. The summed E-state index contributed by atoms with van der Waals surface area (Å²) in [6.07, 6.45) is 2.37. The quantitative estimate of drug-likeness (QED) is 0.797. The lowest BCUT2D eigenvalue weighted by molar-refractivity contribution is 0.0816. The van der Waals surface area contributed by atoms with Crippen molar-refractivity contribution in [1.29, 1.82) is 0 Å². The van der Waals surface area contributed by atoms with Crippen LogP contribution in [0.1, 0.15) is 40.2 Å². The fraction of sp³-hybridized carbons (Fsp3) is 0.500. The topological polar surface area (TPSA) is 32.3 Å². The zero-order valence-electron chi connectivity index (χ0n) is 10.2. The molecule has 0 spiro atoms. The van der Waals surface area contributed by atoms with Gasteiger partial charge in [-0.2, -0.15) is 0 Å². The van der Waals surface area contributed by atoms with Gasteiger partial charge < -0.3 is 10.2 Å². The Labute approximate surface area is 102 Å². The number of hydrogen-bond donors (Lipinski definition) is 1. The summed E-state index contributed by atoms with van der Waals surface area (Å²) in [5.74, 6) is 0.802. The summed E-state index contributed by atoms with van der Waals surface area (Å²) in [4.78, 5) is 13.7. The van der Waals surface area contributed by atoms with Gasteiger partial charge in [-0.1, -0.05) is 12.1 Å². The summed E-state index contributed by atoms with van der Waals surface area (Å²) < 4.78 is 0. The first-order valence-corrected chi connectivity index (χ1v) is 6.35. The molecule has 0 bridgehead atoms. The second kappa shape index (κ2) is 4.15. The Morgan fingerprint density at radius 3 is 2.82 bits per heavy atom. The van der Waals surface area contributed by atoms with E-state index in [-0.39, 0.29) is 5.91 Å². The van der Waals surface area contributed by atoms with Gasteiger partial charge in [-0.15, -0.1) is 0 Å². The number of hydrogen-bond acceptors (Lipinski definition) is 2. The van der Waals surface area contributed by atoms with Crippen molar-refractivity contribution >= 4 is 5.91 Å². The van der Waals surface area contributed by atoms with E-state index in [1.165, 1.54) is 24.0 Å². The minimum atomic E-state index is 0.177. The number of piperidine rings is 1. The molecule has 17 heavy (non-hydrogen) atoms. The van der Waals surface area contributed by atoms with Gasteiger partial charge in [0.15, 0.2) is 0 Å². The monoisotopic (exact) mass is 230 g/mol. The molecular weight excluding hydrogens is 212 g/mol. The number of benzene rings is 1. The average Bonchev–Trinajstić information content (AvgIpc) is 2.66. The van der Waals surface area contributed by atoms with E-state index in [9.17, 15) is 4.79 Å². The summed E-state index contributed by atoms with van der Waals surface area (Å²) >= 11 is 0. The van der Waals surface area contributed by atoms with Crippen molar-refractivity contribution in [2.75, 3.05) is 20.1 Å². The third kappa shape index (κ3) is 1.84. The van der Waals surface area contributed by atoms with Gasteiger partial charge in [-0.05, 0) is 49.0 Å². The average molecular weight is 230 g/mol. The maximum atomic E-state index is 11.9. The number of carbonyl (C=O) groups is 1. The van der Waals surface area contributed by atoms with Gasteiger partial charge in [-0.3, -0.25) is 4.79 Å². The summed E-state index contributed by atoms with van der Waals surface area (Å²) in [5, 5.41) is 3.38.